The number of halogens is 3. The van der Waals surface area contributed by atoms with Crippen LogP contribution in [-0.2, 0) is 20.9 Å². The summed E-state index contributed by atoms with van der Waals surface area (Å²) in [5, 5.41) is 4.91. The van der Waals surface area contributed by atoms with Gasteiger partial charge in [0.15, 0.2) is 0 Å². The summed E-state index contributed by atoms with van der Waals surface area (Å²) in [4.78, 5) is 31.0. The molecule has 3 amide bonds. The van der Waals surface area contributed by atoms with Gasteiger partial charge < -0.3 is 10.2 Å². The van der Waals surface area contributed by atoms with Crippen LogP contribution >= 0.6 is 0 Å². The number of hydrogen-bond acceptors (Lipinski definition) is 5. The van der Waals surface area contributed by atoms with Crippen molar-refractivity contribution in [1.82, 2.24) is 15.0 Å². The first-order chi connectivity index (χ1) is 18.0. The number of alkyl halides is 3. The maximum absolute atomic E-state index is 13.1. The van der Waals surface area contributed by atoms with E-state index >= 15 is 0 Å². The Morgan fingerprint density at radius 1 is 1.11 bits per heavy atom. The van der Waals surface area contributed by atoms with Gasteiger partial charge in [-0.1, -0.05) is 30.3 Å². The predicted octanol–water partition coefficient (Wildman–Crippen LogP) is 4.62. The normalized spacial score (nSPS) is 17.5. The molecule has 2 atom stereocenters. The van der Waals surface area contributed by atoms with E-state index in [-0.39, 0.29) is 11.7 Å². The van der Waals surface area contributed by atoms with Crippen molar-refractivity contribution in [2.75, 3.05) is 23.8 Å². The average molecular weight is 547 g/mol. The zero-order valence-corrected chi connectivity index (χ0v) is 21.0. The molecule has 0 aliphatic carbocycles. The number of pyridine rings is 1. The van der Waals surface area contributed by atoms with Crippen molar-refractivity contribution < 1.29 is 27.0 Å². The first-order valence-corrected chi connectivity index (χ1v) is 13.1. The van der Waals surface area contributed by atoms with Gasteiger partial charge in [-0.2, -0.15) is 13.2 Å². The molecule has 200 valence electrons. The van der Waals surface area contributed by atoms with Gasteiger partial charge in [0.05, 0.1) is 10.5 Å². The summed E-state index contributed by atoms with van der Waals surface area (Å²) in [6.07, 6.45) is -2.91. The van der Waals surface area contributed by atoms with Crippen LogP contribution in [-0.4, -0.2) is 40.8 Å². The summed E-state index contributed by atoms with van der Waals surface area (Å²) < 4.78 is 61.3. The molecule has 4 N–H and O–H groups in total. The maximum atomic E-state index is 13.1. The Kier molecular flexibility index (Phi) is 7.69. The van der Waals surface area contributed by atoms with E-state index in [0.717, 1.165) is 17.7 Å². The molecule has 3 aromatic rings. The molecule has 1 saturated heterocycles. The highest BCUT2D eigenvalue weighted by atomic mass is 32.2. The van der Waals surface area contributed by atoms with Crippen LogP contribution in [0, 0.1) is 4.78 Å². The number of carbonyl (C=O) groups is 2. The van der Waals surface area contributed by atoms with Crippen LogP contribution in [0.15, 0.2) is 71.8 Å². The molecule has 0 saturated carbocycles. The molecule has 4 rings (SSSR count). The fourth-order valence-corrected chi connectivity index (χ4v) is 5.08. The Bertz CT molecular complexity index is 1430. The summed E-state index contributed by atoms with van der Waals surface area (Å²) in [5.74, 6) is -0.411. The van der Waals surface area contributed by atoms with Crippen molar-refractivity contribution in [3.8, 4) is 11.1 Å². The topological polar surface area (TPSA) is 127 Å². The third kappa shape index (κ3) is 5.94. The number of urea groups is 1. The zero-order chi connectivity index (χ0) is 27.5. The van der Waals surface area contributed by atoms with E-state index in [9.17, 15) is 27.0 Å². The smallest absolute Gasteiger partial charge is 0.326 e. The van der Waals surface area contributed by atoms with Gasteiger partial charge in [0.1, 0.15) is 21.8 Å². The Morgan fingerprint density at radius 2 is 1.82 bits per heavy atom. The van der Waals surface area contributed by atoms with Gasteiger partial charge in [0.25, 0.3) is 0 Å². The molecule has 0 radical (unpaired) electrons. The molecule has 1 aliphatic rings. The van der Waals surface area contributed by atoms with E-state index in [4.69, 9.17) is 4.78 Å². The van der Waals surface area contributed by atoms with E-state index in [2.05, 4.69) is 20.3 Å². The second kappa shape index (κ2) is 10.8. The SMILES string of the molecule is CNS(=N)(=O)c1ccccc1-c1ccc(N2CCC[C@@H](NC(=O)Nc3ccc(C(F)(F)F)cn3)C2=O)cc1. The van der Waals surface area contributed by atoms with Crippen molar-refractivity contribution >= 4 is 33.4 Å². The molecule has 0 bridgehead atoms. The van der Waals surface area contributed by atoms with E-state index in [1.165, 1.54) is 7.05 Å². The summed E-state index contributed by atoms with van der Waals surface area (Å²) >= 11 is 0. The number of rotatable bonds is 6. The molecule has 13 heteroatoms. The highest BCUT2D eigenvalue weighted by molar-refractivity contribution is 7.90. The van der Waals surface area contributed by atoms with Crippen molar-refractivity contribution in [1.29, 1.82) is 4.78 Å². The van der Waals surface area contributed by atoms with Crippen LogP contribution in [0.5, 0.6) is 0 Å². The van der Waals surface area contributed by atoms with Gasteiger partial charge in [-0.3, -0.25) is 10.1 Å². The minimum absolute atomic E-state index is 0.0821. The lowest BCUT2D eigenvalue weighted by molar-refractivity contribution is -0.137. The lowest BCUT2D eigenvalue weighted by Crippen LogP contribution is -2.53. The minimum atomic E-state index is -4.54. The standard InChI is InChI=1S/C25H25F3N6O3S/c1-30-38(29,37)21-7-3-2-5-19(21)16-8-11-18(12-9-16)34-14-4-6-20(23(34)35)32-24(36)33-22-13-10-17(15-31-22)25(26,27)28/h2-3,5,7-13,15,20H,4,6,14H2,1H3,(H2,29,30,37)(H2,31,32,33,36)/t20-,38?/m1/s1. The second-order valence-electron chi connectivity index (χ2n) is 8.52. The van der Waals surface area contributed by atoms with E-state index in [1.807, 2.05) is 0 Å². The largest absolute Gasteiger partial charge is 0.417 e. The Labute approximate surface area is 217 Å². The number of hydrogen-bond donors (Lipinski definition) is 4. The average Bonchev–Trinajstić information content (AvgIpc) is 2.90. The Morgan fingerprint density at radius 3 is 2.45 bits per heavy atom. The van der Waals surface area contributed by atoms with Crippen LogP contribution in [0.2, 0.25) is 0 Å². The molecule has 9 nitrogen and oxygen atoms in total. The fourth-order valence-electron chi connectivity index (χ4n) is 4.10. The molecule has 1 aliphatic heterocycles. The predicted molar refractivity (Wildman–Crippen MR) is 137 cm³/mol. The first-order valence-electron chi connectivity index (χ1n) is 11.6. The zero-order valence-electron chi connectivity index (χ0n) is 20.2. The molecule has 38 heavy (non-hydrogen) atoms. The van der Waals surface area contributed by atoms with Crippen LogP contribution in [0.4, 0.5) is 29.5 Å². The van der Waals surface area contributed by atoms with Crippen molar-refractivity contribution in [3.05, 3.63) is 72.4 Å². The Hall–Kier alpha value is -3.97. The minimum Gasteiger partial charge on any atom is -0.326 e. The molecular weight excluding hydrogens is 521 g/mol. The van der Waals surface area contributed by atoms with Gasteiger partial charge >= 0.3 is 12.2 Å². The third-order valence-corrected chi connectivity index (χ3v) is 7.60. The van der Waals surface area contributed by atoms with Gasteiger partial charge in [0, 0.05) is 24.0 Å². The van der Waals surface area contributed by atoms with Crippen LogP contribution < -0.4 is 20.3 Å². The monoisotopic (exact) mass is 546 g/mol. The maximum Gasteiger partial charge on any atom is 0.417 e. The molecular formula is C25H25F3N6O3S. The van der Waals surface area contributed by atoms with E-state index in [1.54, 1.807) is 53.4 Å². The molecule has 1 unspecified atom stereocenters. The van der Waals surface area contributed by atoms with Crippen LogP contribution in [0.25, 0.3) is 11.1 Å². The lowest BCUT2D eigenvalue weighted by atomic mass is 10.0. The second-order valence-corrected chi connectivity index (χ2v) is 10.5. The highest BCUT2D eigenvalue weighted by Gasteiger charge is 2.32. The number of nitrogens with zero attached hydrogens (tertiary/aromatic N) is 2. The van der Waals surface area contributed by atoms with Gasteiger partial charge in [-0.05, 0) is 55.8 Å². The van der Waals surface area contributed by atoms with E-state index < -0.39 is 33.7 Å². The number of piperidine rings is 1. The first kappa shape index (κ1) is 27.1. The number of benzene rings is 2. The number of anilines is 2. The van der Waals surface area contributed by atoms with Gasteiger partial charge in [-0.15, -0.1) is 0 Å². The number of amides is 3. The summed E-state index contributed by atoms with van der Waals surface area (Å²) in [6, 6.07) is 14.2. The lowest BCUT2D eigenvalue weighted by Gasteiger charge is -2.32. The number of aromatic nitrogens is 1. The molecule has 1 fully saturated rings. The number of nitrogens with one attached hydrogen (secondary N) is 4. The van der Waals surface area contributed by atoms with Crippen molar-refractivity contribution in [2.24, 2.45) is 0 Å². The number of carbonyl (C=O) groups excluding carboxylic acids is 2. The van der Waals surface area contributed by atoms with Crippen LogP contribution in [0.3, 0.4) is 0 Å². The summed E-state index contributed by atoms with van der Waals surface area (Å²) in [6.45, 7) is 0.440. The van der Waals surface area contributed by atoms with Gasteiger partial charge in [0.2, 0.25) is 5.91 Å². The quantitative estimate of drug-likeness (QED) is 0.360. The molecule has 1 aromatic heterocycles. The fraction of sp³-hybridized carbons (Fsp3) is 0.240. The molecule has 2 heterocycles. The third-order valence-electron chi connectivity index (χ3n) is 6.05. The van der Waals surface area contributed by atoms with Crippen molar-refractivity contribution in [2.45, 2.75) is 30.0 Å². The molecule has 0 spiro atoms. The van der Waals surface area contributed by atoms with Crippen molar-refractivity contribution in [3.63, 3.8) is 0 Å². The summed E-state index contributed by atoms with van der Waals surface area (Å²) in [7, 11) is -1.72. The Balaban J connectivity index is 1.44. The van der Waals surface area contributed by atoms with Crippen LogP contribution in [0.1, 0.15) is 18.4 Å². The van der Waals surface area contributed by atoms with E-state index in [0.29, 0.717) is 41.7 Å². The summed E-state index contributed by atoms with van der Waals surface area (Å²) in [5.41, 5.74) is 1.02. The highest BCUT2D eigenvalue weighted by Crippen LogP contribution is 2.31. The van der Waals surface area contributed by atoms with Gasteiger partial charge in [-0.25, -0.2) is 23.5 Å². The molecule has 2 aromatic carbocycles.